The fourth-order valence-corrected chi connectivity index (χ4v) is 11.9. The van der Waals surface area contributed by atoms with Gasteiger partial charge in [-0.25, -0.2) is 4.79 Å². The van der Waals surface area contributed by atoms with E-state index >= 15 is 0 Å². The molecule has 7 fully saturated rings. The van der Waals surface area contributed by atoms with Gasteiger partial charge in [-0.05, 0) is 99.2 Å². The molecule has 0 aromatic rings. The first kappa shape index (κ1) is 29.8. The SMILES string of the molecule is C[C@@H]1C[C]([C@H](O)C(C)(C)O)O[C]2[C@H]1[C@@]1(C)CC[C@@]34C[C@@]35CCC(OC(=O)NC3COC3)C(C)(C)[C@@H]5CC[C]4[C@]1(C)[C@H]2O. The van der Waals surface area contributed by atoms with Crippen molar-refractivity contribution in [1.29, 1.82) is 0 Å². The molecule has 1 unspecified atom stereocenters. The Kier molecular flexibility index (Phi) is 6.44. The summed E-state index contributed by atoms with van der Waals surface area (Å²) in [5, 5.41) is 36.7. The number of hydrogen-bond donors (Lipinski definition) is 4. The van der Waals surface area contributed by atoms with Crippen LogP contribution < -0.4 is 5.32 Å². The van der Waals surface area contributed by atoms with E-state index in [4.69, 9.17) is 14.2 Å². The van der Waals surface area contributed by atoms with Crippen molar-refractivity contribution in [2.45, 2.75) is 130 Å². The lowest BCUT2D eigenvalue weighted by molar-refractivity contribution is -0.127. The molecule has 2 heterocycles. The smallest absolute Gasteiger partial charge is 0.407 e. The van der Waals surface area contributed by atoms with Crippen molar-refractivity contribution in [3.8, 4) is 0 Å². The zero-order valence-corrected chi connectivity index (χ0v) is 26.6. The van der Waals surface area contributed by atoms with Crippen LogP contribution in [0.15, 0.2) is 0 Å². The van der Waals surface area contributed by atoms with Gasteiger partial charge in [-0.3, -0.25) is 0 Å². The van der Waals surface area contributed by atoms with Crippen LogP contribution in [0.4, 0.5) is 4.79 Å². The maximum absolute atomic E-state index is 12.7. The average Bonchev–Trinajstić information content (AvgIpc) is 3.51. The van der Waals surface area contributed by atoms with E-state index in [0.29, 0.717) is 37.8 Å². The molecule has 235 valence electrons. The van der Waals surface area contributed by atoms with Crippen LogP contribution in [0.1, 0.15) is 99.8 Å². The van der Waals surface area contributed by atoms with E-state index in [0.717, 1.165) is 38.5 Å². The van der Waals surface area contributed by atoms with E-state index in [2.05, 4.69) is 39.9 Å². The molecule has 7 rings (SSSR count). The Labute approximate surface area is 251 Å². The van der Waals surface area contributed by atoms with E-state index in [1.807, 2.05) is 0 Å². The van der Waals surface area contributed by atoms with Gasteiger partial charge in [0.1, 0.15) is 24.4 Å². The van der Waals surface area contributed by atoms with E-state index in [-0.39, 0.29) is 51.7 Å². The number of aliphatic hydroxyl groups excluding tert-OH is 2. The molecule has 0 aromatic carbocycles. The van der Waals surface area contributed by atoms with Crippen molar-refractivity contribution in [3.05, 3.63) is 18.1 Å². The van der Waals surface area contributed by atoms with E-state index in [9.17, 15) is 20.1 Å². The molecule has 0 bridgehead atoms. The molecule has 10 atom stereocenters. The summed E-state index contributed by atoms with van der Waals surface area (Å²) in [6.45, 7) is 15.8. The average molecular weight is 587 g/mol. The van der Waals surface area contributed by atoms with Crippen LogP contribution in [0.5, 0.6) is 0 Å². The molecule has 5 saturated carbocycles. The van der Waals surface area contributed by atoms with Gasteiger partial charge in [0.05, 0.1) is 31.0 Å². The minimum absolute atomic E-state index is 0.0598. The van der Waals surface area contributed by atoms with Gasteiger partial charge in [-0.2, -0.15) is 0 Å². The molecule has 2 saturated heterocycles. The first-order chi connectivity index (χ1) is 19.5. The summed E-state index contributed by atoms with van der Waals surface area (Å²) in [6, 6.07) is 0.0598. The lowest BCUT2D eigenvalue weighted by Crippen LogP contribution is -2.59. The maximum Gasteiger partial charge on any atom is 0.407 e. The van der Waals surface area contributed by atoms with Crippen molar-refractivity contribution >= 4 is 6.09 Å². The Hall–Kier alpha value is -0.930. The topological polar surface area (TPSA) is 117 Å². The highest BCUT2D eigenvalue weighted by molar-refractivity contribution is 5.68. The molecule has 7 aliphatic rings. The number of ether oxygens (including phenoxy) is 3. The first-order valence-corrected chi connectivity index (χ1v) is 16.4. The lowest BCUT2D eigenvalue weighted by atomic mass is 9.41. The minimum atomic E-state index is -1.31. The van der Waals surface area contributed by atoms with E-state index in [1.54, 1.807) is 19.8 Å². The summed E-state index contributed by atoms with van der Waals surface area (Å²) in [6.07, 6.45) is 6.80. The number of alkyl carbamates (subject to hydrolysis) is 1. The van der Waals surface area contributed by atoms with Crippen molar-refractivity contribution in [2.75, 3.05) is 13.2 Å². The molecule has 8 heteroatoms. The van der Waals surface area contributed by atoms with Crippen LogP contribution in [0.25, 0.3) is 0 Å². The predicted molar refractivity (Wildman–Crippen MR) is 155 cm³/mol. The summed E-state index contributed by atoms with van der Waals surface area (Å²) >= 11 is 0. The Morgan fingerprint density at radius 3 is 2.48 bits per heavy atom. The van der Waals surface area contributed by atoms with Crippen molar-refractivity contribution in [3.63, 3.8) is 0 Å². The summed E-state index contributed by atoms with van der Waals surface area (Å²) < 4.78 is 17.8. The lowest BCUT2D eigenvalue weighted by Gasteiger charge is -2.63. The number of hydrogen-bond acceptors (Lipinski definition) is 7. The molecular formula is C34H52NO7. The van der Waals surface area contributed by atoms with Gasteiger partial charge in [0.15, 0.2) is 0 Å². The summed E-state index contributed by atoms with van der Waals surface area (Å²) in [5.74, 6) is 2.32. The second-order valence-corrected chi connectivity index (χ2v) is 16.8. The Bertz CT molecular complexity index is 1120. The fraction of sp³-hybridized carbons (Fsp3) is 0.882. The molecular weight excluding hydrogens is 534 g/mol. The predicted octanol–water partition coefficient (Wildman–Crippen LogP) is 4.71. The van der Waals surface area contributed by atoms with E-state index in [1.165, 1.54) is 6.42 Å². The van der Waals surface area contributed by atoms with Crippen molar-refractivity contribution < 1.29 is 34.3 Å². The number of amides is 1. The van der Waals surface area contributed by atoms with Crippen LogP contribution in [-0.2, 0) is 14.2 Å². The van der Waals surface area contributed by atoms with Gasteiger partial charge in [0, 0.05) is 16.7 Å². The minimum Gasteiger partial charge on any atom is -0.446 e. The normalized spacial score (nSPS) is 49.4. The third kappa shape index (κ3) is 3.62. The standard InChI is InChI=1S/C34H52NO7/c1-18-14-20(26(36)30(4,5)39)41-25-24(18)31(6)12-13-34-17-33(34)11-10-23(42-28(38)35-19-15-40-16-19)29(2,3)21(33)8-9-22(34)32(31,7)27(25)37/h18-19,21,23-24,26-27,36-37,39H,8-17H2,1-7H3,(H,35,38)/t18-,21+,23?,24+,26+,27+,31-,32-,33-,34+/m1/s1. The molecule has 2 aliphatic heterocycles. The van der Waals surface area contributed by atoms with Crippen LogP contribution in [-0.4, -0.2) is 64.6 Å². The highest BCUT2D eigenvalue weighted by Gasteiger charge is 2.85. The molecule has 1 amide bonds. The second kappa shape index (κ2) is 9.08. The Balaban J connectivity index is 1.14. The number of rotatable bonds is 4. The monoisotopic (exact) mass is 586 g/mol. The highest BCUT2D eigenvalue weighted by Crippen LogP contribution is 2.90. The van der Waals surface area contributed by atoms with Crippen LogP contribution in [0.2, 0.25) is 0 Å². The number of nitrogens with one attached hydrogen (secondary N) is 1. The van der Waals surface area contributed by atoms with Crippen LogP contribution in [0, 0.1) is 63.0 Å². The molecule has 2 spiro atoms. The first-order valence-electron chi connectivity index (χ1n) is 16.4. The highest BCUT2D eigenvalue weighted by atomic mass is 16.6. The molecule has 4 N–H and O–H groups in total. The molecule has 5 aliphatic carbocycles. The molecule has 3 radical (unpaired) electrons. The molecule has 0 aromatic heterocycles. The number of carbonyl (C=O) groups is 1. The van der Waals surface area contributed by atoms with Gasteiger partial charge in [-0.1, -0.05) is 34.6 Å². The third-order valence-electron chi connectivity index (χ3n) is 14.2. The van der Waals surface area contributed by atoms with Crippen LogP contribution in [0.3, 0.4) is 0 Å². The fourth-order valence-electron chi connectivity index (χ4n) is 11.9. The number of aliphatic hydroxyl groups is 3. The zero-order valence-electron chi connectivity index (χ0n) is 26.6. The number of fused-ring (bicyclic) bond motifs is 4. The summed E-state index contributed by atoms with van der Waals surface area (Å²) in [4.78, 5) is 12.7. The Morgan fingerprint density at radius 1 is 1.12 bits per heavy atom. The second-order valence-electron chi connectivity index (χ2n) is 16.8. The van der Waals surface area contributed by atoms with Gasteiger partial charge in [-0.15, -0.1) is 0 Å². The van der Waals surface area contributed by atoms with Gasteiger partial charge in [0.25, 0.3) is 0 Å². The molecule has 8 nitrogen and oxygen atoms in total. The third-order valence-corrected chi connectivity index (χ3v) is 14.2. The largest absolute Gasteiger partial charge is 0.446 e. The van der Waals surface area contributed by atoms with E-state index < -0.39 is 23.2 Å². The quantitative estimate of drug-likeness (QED) is 0.377. The number of carbonyl (C=O) groups excluding carboxylic acids is 1. The molecule has 42 heavy (non-hydrogen) atoms. The zero-order chi connectivity index (χ0) is 30.3. The van der Waals surface area contributed by atoms with Crippen molar-refractivity contribution in [1.82, 2.24) is 5.32 Å². The Morgan fingerprint density at radius 2 is 1.83 bits per heavy atom. The summed E-state index contributed by atoms with van der Waals surface area (Å²) in [5.41, 5.74) is -1.67. The van der Waals surface area contributed by atoms with Gasteiger partial charge < -0.3 is 34.8 Å². The van der Waals surface area contributed by atoms with Crippen molar-refractivity contribution in [2.24, 2.45) is 44.8 Å². The maximum atomic E-state index is 12.7. The van der Waals surface area contributed by atoms with Crippen LogP contribution >= 0.6 is 0 Å². The van der Waals surface area contributed by atoms with Gasteiger partial charge >= 0.3 is 6.09 Å². The summed E-state index contributed by atoms with van der Waals surface area (Å²) in [7, 11) is 0. The van der Waals surface area contributed by atoms with Gasteiger partial charge in [0.2, 0.25) is 0 Å².